The average Bonchev–Trinajstić information content (AvgIpc) is 2.58. The molecule has 0 radical (unpaired) electrons. The number of hydrogen-bond donors (Lipinski definition) is 0. The Morgan fingerprint density at radius 1 is 1.12 bits per heavy atom. The molecule has 0 aromatic rings. The summed E-state index contributed by atoms with van der Waals surface area (Å²) in [6, 6.07) is 0. The SMILES string of the molecule is [CH2-]OCC(=O)OCC(=O)ON1C(=O)CCC1=O. The Bertz CT molecular complexity index is 335. The summed E-state index contributed by atoms with van der Waals surface area (Å²) in [5.41, 5.74) is 0. The maximum Gasteiger partial charge on any atom is 0.370 e. The molecule has 1 heterocycles. The predicted octanol–water partition coefficient (Wildman–Crippen LogP) is -1.06. The van der Waals surface area contributed by atoms with E-state index in [0.29, 0.717) is 5.06 Å². The highest BCUT2D eigenvalue weighted by Crippen LogP contribution is 2.11. The summed E-state index contributed by atoms with van der Waals surface area (Å²) >= 11 is 0. The molecule has 1 aliphatic rings. The zero-order valence-corrected chi connectivity index (χ0v) is 8.84. The van der Waals surface area contributed by atoms with E-state index in [4.69, 9.17) is 0 Å². The molecule has 1 rings (SSSR count). The highest BCUT2D eigenvalue weighted by atomic mass is 16.7. The number of carbonyl (C=O) groups is 4. The summed E-state index contributed by atoms with van der Waals surface area (Å²) < 4.78 is 8.61. The minimum Gasteiger partial charge on any atom is -0.547 e. The standard InChI is InChI=1S/C9H10NO7/c1-15-4-8(13)16-5-9(14)17-10-6(11)2-3-7(10)12/h1-5H2/q-1. The molecule has 8 nitrogen and oxygen atoms in total. The molecule has 17 heavy (non-hydrogen) atoms. The van der Waals surface area contributed by atoms with Crippen LogP contribution in [-0.2, 0) is 33.5 Å². The zero-order valence-electron chi connectivity index (χ0n) is 8.84. The van der Waals surface area contributed by atoms with Crippen molar-refractivity contribution in [2.75, 3.05) is 13.2 Å². The number of esters is 1. The largest absolute Gasteiger partial charge is 0.547 e. The van der Waals surface area contributed by atoms with Gasteiger partial charge in [0, 0.05) is 12.8 Å². The van der Waals surface area contributed by atoms with Crippen LogP contribution in [0.1, 0.15) is 12.8 Å². The van der Waals surface area contributed by atoms with Crippen LogP contribution >= 0.6 is 0 Å². The van der Waals surface area contributed by atoms with Crippen LogP contribution in [0.2, 0.25) is 0 Å². The summed E-state index contributed by atoms with van der Waals surface area (Å²) in [7, 11) is 2.94. The van der Waals surface area contributed by atoms with Crippen molar-refractivity contribution >= 4 is 23.8 Å². The molecule has 94 valence electrons. The van der Waals surface area contributed by atoms with E-state index in [-0.39, 0.29) is 12.8 Å². The van der Waals surface area contributed by atoms with E-state index in [2.05, 4.69) is 21.4 Å². The fraction of sp³-hybridized carbons (Fsp3) is 0.444. The summed E-state index contributed by atoms with van der Waals surface area (Å²) in [6.45, 7) is -1.12. The molecule has 0 unspecified atom stereocenters. The lowest BCUT2D eigenvalue weighted by atomic mass is 10.4. The summed E-state index contributed by atoms with van der Waals surface area (Å²) in [4.78, 5) is 48.4. The minimum absolute atomic E-state index is 0.00124. The summed E-state index contributed by atoms with van der Waals surface area (Å²) in [6.07, 6.45) is 0.00247. The van der Waals surface area contributed by atoms with Gasteiger partial charge in [-0.3, -0.25) is 9.59 Å². The third-order valence-corrected chi connectivity index (χ3v) is 1.77. The second-order valence-electron chi connectivity index (χ2n) is 3.05. The highest BCUT2D eigenvalue weighted by molar-refractivity contribution is 6.01. The van der Waals surface area contributed by atoms with Crippen LogP contribution in [-0.4, -0.2) is 42.0 Å². The Labute approximate surface area is 96.4 Å². The van der Waals surface area contributed by atoms with Crippen molar-refractivity contribution in [1.29, 1.82) is 0 Å². The number of hydroxylamine groups is 2. The Morgan fingerprint density at radius 2 is 1.71 bits per heavy atom. The normalized spacial score (nSPS) is 15.0. The molecule has 0 aromatic carbocycles. The summed E-state index contributed by atoms with van der Waals surface area (Å²) in [5.74, 6) is -3.03. The first kappa shape index (κ1) is 13.1. The van der Waals surface area contributed by atoms with E-state index < -0.39 is 37.0 Å². The fourth-order valence-electron chi connectivity index (χ4n) is 1.05. The molecular weight excluding hydrogens is 234 g/mol. The van der Waals surface area contributed by atoms with Crippen LogP contribution in [0.4, 0.5) is 0 Å². The van der Waals surface area contributed by atoms with Crippen molar-refractivity contribution in [2.45, 2.75) is 12.8 Å². The Kier molecular flexibility index (Phi) is 4.58. The lowest BCUT2D eigenvalue weighted by Crippen LogP contribution is -2.34. The molecule has 1 fully saturated rings. The van der Waals surface area contributed by atoms with Crippen molar-refractivity contribution in [3.8, 4) is 0 Å². The minimum atomic E-state index is -1.02. The van der Waals surface area contributed by atoms with Gasteiger partial charge in [-0.15, -0.1) is 5.06 Å². The van der Waals surface area contributed by atoms with E-state index in [1.807, 2.05) is 0 Å². The fourth-order valence-corrected chi connectivity index (χ4v) is 1.05. The molecule has 1 aliphatic heterocycles. The first-order valence-corrected chi connectivity index (χ1v) is 4.63. The maximum atomic E-state index is 11.1. The lowest BCUT2D eigenvalue weighted by molar-refractivity contribution is -0.200. The van der Waals surface area contributed by atoms with Crippen LogP contribution in [0.5, 0.6) is 0 Å². The van der Waals surface area contributed by atoms with Crippen molar-refractivity contribution < 1.29 is 33.5 Å². The Balaban J connectivity index is 2.32. The molecular formula is C9H10NO7-. The maximum absolute atomic E-state index is 11.1. The molecule has 0 aromatic heterocycles. The van der Waals surface area contributed by atoms with Crippen LogP contribution in [0.3, 0.4) is 0 Å². The average molecular weight is 244 g/mol. The Hall–Kier alpha value is -1.96. The number of imide groups is 1. The molecule has 0 atom stereocenters. The Morgan fingerprint density at radius 3 is 2.24 bits per heavy atom. The lowest BCUT2D eigenvalue weighted by Gasteiger charge is -2.12. The van der Waals surface area contributed by atoms with Crippen LogP contribution in [0.15, 0.2) is 0 Å². The van der Waals surface area contributed by atoms with E-state index in [1.54, 1.807) is 0 Å². The van der Waals surface area contributed by atoms with Gasteiger partial charge in [0.2, 0.25) is 0 Å². The van der Waals surface area contributed by atoms with E-state index in [9.17, 15) is 19.2 Å². The molecule has 8 heteroatoms. The van der Waals surface area contributed by atoms with Gasteiger partial charge in [-0.05, 0) is 0 Å². The quantitative estimate of drug-likeness (QED) is 0.345. The van der Waals surface area contributed by atoms with Gasteiger partial charge in [0.25, 0.3) is 11.8 Å². The van der Waals surface area contributed by atoms with Crippen molar-refractivity contribution in [1.82, 2.24) is 5.06 Å². The number of amides is 2. The monoisotopic (exact) mass is 244 g/mol. The molecule has 0 saturated carbocycles. The van der Waals surface area contributed by atoms with E-state index in [0.717, 1.165) is 0 Å². The molecule has 0 aliphatic carbocycles. The summed E-state index contributed by atoms with van der Waals surface area (Å²) in [5, 5.41) is 0.369. The molecule has 1 saturated heterocycles. The number of carbonyl (C=O) groups excluding carboxylic acids is 4. The van der Waals surface area contributed by atoms with Crippen LogP contribution in [0.25, 0.3) is 0 Å². The van der Waals surface area contributed by atoms with Crippen molar-refractivity contribution in [3.05, 3.63) is 7.11 Å². The van der Waals surface area contributed by atoms with Gasteiger partial charge < -0.3 is 14.3 Å². The van der Waals surface area contributed by atoms with E-state index >= 15 is 0 Å². The van der Waals surface area contributed by atoms with E-state index in [1.165, 1.54) is 0 Å². The van der Waals surface area contributed by atoms with Gasteiger partial charge in [0.1, 0.15) is 6.61 Å². The number of rotatable bonds is 5. The smallest absolute Gasteiger partial charge is 0.370 e. The first-order valence-electron chi connectivity index (χ1n) is 4.63. The molecule has 0 N–H and O–H groups in total. The second kappa shape index (κ2) is 5.94. The van der Waals surface area contributed by atoms with Crippen LogP contribution in [0, 0.1) is 7.11 Å². The second-order valence-corrected chi connectivity index (χ2v) is 3.05. The highest BCUT2D eigenvalue weighted by Gasteiger charge is 2.32. The van der Waals surface area contributed by atoms with Crippen LogP contribution < -0.4 is 0 Å². The van der Waals surface area contributed by atoms with Gasteiger partial charge in [-0.2, -0.15) is 0 Å². The topological polar surface area (TPSA) is 99.2 Å². The molecule has 0 spiro atoms. The third-order valence-electron chi connectivity index (χ3n) is 1.77. The van der Waals surface area contributed by atoms with Gasteiger partial charge in [-0.1, -0.05) is 0 Å². The first-order chi connectivity index (χ1) is 8.04. The number of hydrogen-bond acceptors (Lipinski definition) is 7. The van der Waals surface area contributed by atoms with Gasteiger partial charge >= 0.3 is 11.9 Å². The molecule has 0 bridgehead atoms. The van der Waals surface area contributed by atoms with Gasteiger partial charge in [-0.25, -0.2) is 16.7 Å². The predicted molar refractivity (Wildman–Crippen MR) is 49.4 cm³/mol. The van der Waals surface area contributed by atoms with Gasteiger partial charge in [0.15, 0.2) is 6.61 Å². The number of nitrogens with zero attached hydrogens (tertiary/aromatic N) is 1. The third kappa shape index (κ3) is 3.83. The number of ether oxygens (including phenoxy) is 2. The van der Waals surface area contributed by atoms with Crippen molar-refractivity contribution in [2.24, 2.45) is 0 Å². The molecule has 2 amide bonds. The zero-order chi connectivity index (χ0) is 12.8. The van der Waals surface area contributed by atoms with Gasteiger partial charge in [0.05, 0.1) is 0 Å². The van der Waals surface area contributed by atoms with Crippen molar-refractivity contribution in [3.63, 3.8) is 0 Å².